The summed E-state index contributed by atoms with van der Waals surface area (Å²) in [6.45, 7) is 0. The average Bonchev–Trinajstić information content (AvgIpc) is 2.57. The van der Waals surface area contributed by atoms with E-state index < -0.39 is 0 Å². The number of para-hydroxylation sites is 1. The van der Waals surface area contributed by atoms with Crippen molar-refractivity contribution in [3.8, 4) is 5.75 Å². The van der Waals surface area contributed by atoms with Gasteiger partial charge in [0.25, 0.3) is 0 Å². The molecule has 0 saturated heterocycles. The highest BCUT2D eigenvalue weighted by atomic mass is 16.5. The highest BCUT2D eigenvalue weighted by Crippen LogP contribution is 2.46. The Balaban J connectivity index is 1.54. The van der Waals surface area contributed by atoms with Gasteiger partial charge in [-0.2, -0.15) is 0 Å². The Morgan fingerprint density at radius 2 is 1.74 bits per heavy atom. The van der Waals surface area contributed by atoms with E-state index in [4.69, 9.17) is 4.74 Å². The number of nitrogens with one attached hydrogen (secondary N) is 1. The summed E-state index contributed by atoms with van der Waals surface area (Å²) in [6, 6.07) is 9.52. The van der Waals surface area contributed by atoms with Gasteiger partial charge in [-0.1, -0.05) is 24.6 Å². The molecule has 2 saturated carbocycles. The van der Waals surface area contributed by atoms with Gasteiger partial charge >= 0.3 is 0 Å². The molecule has 0 amide bonds. The van der Waals surface area contributed by atoms with Gasteiger partial charge < -0.3 is 15.2 Å². The SMILES string of the molecule is OC1CCC(NC2CC3(CCCCC3)Oc3ccccc32)CC1. The van der Waals surface area contributed by atoms with Crippen molar-refractivity contribution in [2.24, 2.45) is 0 Å². The standard InChI is InChI=1S/C20H29NO2/c22-16-10-8-15(9-11-16)21-18-14-20(12-4-1-5-13-20)23-19-7-3-2-6-17(18)19/h2-3,6-7,15-16,18,21-22H,1,4-5,8-14H2. The zero-order valence-electron chi connectivity index (χ0n) is 14.0. The Morgan fingerprint density at radius 3 is 2.52 bits per heavy atom. The quantitative estimate of drug-likeness (QED) is 0.863. The molecule has 0 radical (unpaired) electrons. The first-order chi connectivity index (χ1) is 11.2. The molecule has 1 heterocycles. The van der Waals surface area contributed by atoms with Crippen molar-refractivity contribution >= 4 is 0 Å². The molecule has 2 aliphatic carbocycles. The summed E-state index contributed by atoms with van der Waals surface area (Å²) in [7, 11) is 0. The van der Waals surface area contributed by atoms with Gasteiger partial charge in [0.1, 0.15) is 11.4 Å². The summed E-state index contributed by atoms with van der Waals surface area (Å²) in [5.41, 5.74) is 1.38. The van der Waals surface area contributed by atoms with Gasteiger partial charge in [-0.05, 0) is 57.4 Å². The van der Waals surface area contributed by atoms with Crippen molar-refractivity contribution in [3.05, 3.63) is 29.8 Å². The minimum Gasteiger partial charge on any atom is -0.487 e. The zero-order chi connectivity index (χ0) is 15.7. The largest absolute Gasteiger partial charge is 0.487 e. The lowest BCUT2D eigenvalue weighted by molar-refractivity contribution is -0.00566. The lowest BCUT2D eigenvalue weighted by Crippen LogP contribution is -2.47. The summed E-state index contributed by atoms with van der Waals surface area (Å²) >= 11 is 0. The van der Waals surface area contributed by atoms with E-state index in [0.717, 1.165) is 37.9 Å². The fourth-order valence-electron chi connectivity index (χ4n) is 4.80. The number of rotatable bonds is 2. The van der Waals surface area contributed by atoms with Gasteiger partial charge in [-0.25, -0.2) is 0 Å². The van der Waals surface area contributed by atoms with E-state index in [0.29, 0.717) is 12.1 Å². The first-order valence-electron chi connectivity index (χ1n) is 9.46. The molecule has 1 aromatic carbocycles. The van der Waals surface area contributed by atoms with Crippen LogP contribution in [0.25, 0.3) is 0 Å². The number of benzene rings is 1. The van der Waals surface area contributed by atoms with Gasteiger partial charge in [0.05, 0.1) is 6.10 Å². The molecule has 1 unspecified atom stereocenters. The Hall–Kier alpha value is -1.06. The van der Waals surface area contributed by atoms with Crippen molar-refractivity contribution in [3.63, 3.8) is 0 Å². The molecule has 0 bridgehead atoms. The third kappa shape index (κ3) is 3.27. The van der Waals surface area contributed by atoms with Gasteiger partial charge in [0, 0.05) is 24.1 Å². The second-order valence-corrected chi connectivity index (χ2v) is 7.81. The van der Waals surface area contributed by atoms with Crippen molar-refractivity contribution in [1.82, 2.24) is 5.32 Å². The van der Waals surface area contributed by atoms with Crippen molar-refractivity contribution < 1.29 is 9.84 Å². The molecule has 1 aliphatic heterocycles. The number of aliphatic hydroxyl groups is 1. The fraction of sp³-hybridized carbons (Fsp3) is 0.700. The van der Waals surface area contributed by atoms with Crippen LogP contribution < -0.4 is 10.1 Å². The van der Waals surface area contributed by atoms with Crippen LogP contribution in [-0.4, -0.2) is 22.9 Å². The van der Waals surface area contributed by atoms with E-state index in [1.165, 1.54) is 37.7 Å². The summed E-state index contributed by atoms with van der Waals surface area (Å²) in [6.07, 6.45) is 11.4. The maximum absolute atomic E-state index is 9.74. The number of fused-ring (bicyclic) bond motifs is 1. The summed E-state index contributed by atoms with van der Waals surface area (Å²) in [4.78, 5) is 0. The summed E-state index contributed by atoms with van der Waals surface area (Å²) in [5, 5.41) is 13.7. The Morgan fingerprint density at radius 1 is 1.00 bits per heavy atom. The fourth-order valence-corrected chi connectivity index (χ4v) is 4.80. The van der Waals surface area contributed by atoms with E-state index in [1.807, 2.05) is 0 Å². The molecular weight excluding hydrogens is 286 g/mol. The molecule has 1 spiro atoms. The van der Waals surface area contributed by atoms with Crippen LogP contribution in [0.15, 0.2) is 24.3 Å². The topological polar surface area (TPSA) is 41.5 Å². The maximum atomic E-state index is 9.74. The minimum absolute atomic E-state index is 0.0540. The van der Waals surface area contributed by atoms with Crippen LogP contribution in [-0.2, 0) is 0 Å². The van der Waals surface area contributed by atoms with Gasteiger partial charge in [-0.3, -0.25) is 0 Å². The smallest absolute Gasteiger partial charge is 0.124 e. The monoisotopic (exact) mass is 315 g/mol. The normalized spacial score (nSPS) is 33.0. The van der Waals surface area contributed by atoms with E-state index in [2.05, 4.69) is 29.6 Å². The molecule has 2 fully saturated rings. The number of aliphatic hydroxyl groups excluding tert-OH is 1. The van der Waals surface area contributed by atoms with E-state index >= 15 is 0 Å². The zero-order valence-corrected chi connectivity index (χ0v) is 14.0. The predicted octanol–water partition coefficient (Wildman–Crippen LogP) is 4.11. The Labute approximate surface area is 139 Å². The van der Waals surface area contributed by atoms with E-state index in [1.54, 1.807) is 0 Å². The summed E-state index contributed by atoms with van der Waals surface area (Å²) in [5.74, 6) is 1.09. The van der Waals surface area contributed by atoms with Crippen molar-refractivity contribution in [1.29, 1.82) is 0 Å². The molecule has 3 nitrogen and oxygen atoms in total. The Bertz CT molecular complexity index is 530. The number of hydrogen-bond donors (Lipinski definition) is 2. The molecule has 4 rings (SSSR count). The second kappa shape index (κ2) is 6.45. The van der Waals surface area contributed by atoms with Gasteiger partial charge in [0.15, 0.2) is 0 Å². The molecule has 23 heavy (non-hydrogen) atoms. The first kappa shape index (κ1) is 15.5. The molecule has 2 N–H and O–H groups in total. The third-order valence-electron chi connectivity index (χ3n) is 6.10. The molecule has 3 heteroatoms. The number of hydrogen-bond acceptors (Lipinski definition) is 3. The molecule has 0 aromatic heterocycles. The molecule has 126 valence electrons. The minimum atomic E-state index is -0.0836. The van der Waals surface area contributed by atoms with Crippen LogP contribution in [0.3, 0.4) is 0 Å². The van der Waals surface area contributed by atoms with Crippen LogP contribution in [0.4, 0.5) is 0 Å². The predicted molar refractivity (Wildman–Crippen MR) is 91.6 cm³/mol. The van der Waals surface area contributed by atoms with Crippen LogP contribution in [0, 0.1) is 0 Å². The number of ether oxygens (including phenoxy) is 1. The van der Waals surface area contributed by atoms with Crippen molar-refractivity contribution in [2.75, 3.05) is 0 Å². The van der Waals surface area contributed by atoms with Crippen LogP contribution in [0.5, 0.6) is 5.75 Å². The van der Waals surface area contributed by atoms with Gasteiger partial charge in [0.2, 0.25) is 0 Å². The molecule has 1 aromatic rings. The summed E-state index contributed by atoms with van der Waals surface area (Å²) < 4.78 is 6.52. The van der Waals surface area contributed by atoms with E-state index in [-0.39, 0.29) is 11.7 Å². The lowest BCUT2D eigenvalue weighted by Gasteiger charge is -2.46. The highest BCUT2D eigenvalue weighted by molar-refractivity contribution is 5.39. The Kier molecular flexibility index (Phi) is 4.33. The van der Waals surface area contributed by atoms with Crippen LogP contribution >= 0.6 is 0 Å². The third-order valence-corrected chi connectivity index (χ3v) is 6.10. The maximum Gasteiger partial charge on any atom is 0.124 e. The van der Waals surface area contributed by atoms with Crippen LogP contribution in [0.2, 0.25) is 0 Å². The van der Waals surface area contributed by atoms with Crippen LogP contribution in [0.1, 0.15) is 75.8 Å². The highest BCUT2D eigenvalue weighted by Gasteiger charge is 2.42. The van der Waals surface area contributed by atoms with Crippen molar-refractivity contribution in [2.45, 2.75) is 88.0 Å². The lowest BCUT2D eigenvalue weighted by atomic mass is 9.76. The molecular formula is C20H29NO2. The van der Waals surface area contributed by atoms with E-state index in [9.17, 15) is 5.11 Å². The molecule has 3 aliphatic rings. The first-order valence-corrected chi connectivity index (χ1v) is 9.46. The molecule has 1 atom stereocenters. The second-order valence-electron chi connectivity index (χ2n) is 7.81. The average molecular weight is 315 g/mol. The van der Waals surface area contributed by atoms with Gasteiger partial charge in [-0.15, -0.1) is 0 Å².